The van der Waals surface area contributed by atoms with Crippen molar-refractivity contribution in [3.8, 4) is 0 Å². The molecule has 2 aromatic carbocycles. The summed E-state index contributed by atoms with van der Waals surface area (Å²) in [7, 11) is 0. The second-order valence-electron chi connectivity index (χ2n) is 6.95. The molecule has 2 amide bonds. The first-order valence-electron chi connectivity index (χ1n) is 8.89. The number of nitro groups is 1. The number of amides is 2. The molecule has 0 aromatic heterocycles. The summed E-state index contributed by atoms with van der Waals surface area (Å²) in [4.78, 5) is 34.1. The van der Waals surface area contributed by atoms with Gasteiger partial charge in [0.15, 0.2) is 0 Å². The molecule has 0 radical (unpaired) electrons. The molecule has 0 unspecified atom stereocenters. The van der Waals surface area contributed by atoms with E-state index in [4.69, 9.17) is 5.73 Å². The van der Waals surface area contributed by atoms with Crippen LogP contribution in [0, 0.1) is 23.0 Å². The van der Waals surface area contributed by atoms with Crippen molar-refractivity contribution in [1.82, 2.24) is 5.32 Å². The predicted octanol–water partition coefficient (Wildman–Crippen LogP) is 3.00. The summed E-state index contributed by atoms with van der Waals surface area (Å²) in [5, 5.41) is 17.3. The van der Waals surface area contributed by atoms with Crippen LogP contribution in [0.15, 0.2) is 36.4 Å². The summed E-state index contributed by atoms with van der Waals surface area (Å²) in [5.74, 6) is -0.492. The molecular formula is C20H24N4O4. The molecule has 8 nitrogen and oxygen atoms in total. The SMILES string of the molecule is Cc1cc(C(=O)NCC(C)C)ccc1NCc1ccc(C(N)=O)cc1[N+](=O)[O-]. The predicted molar refractivity (Wildman–Crippen MR) is 107 cm³/mol. The molecule has 0 heterocycles. The minimum atomic E-state index is -0.718. The molecule has 0 bridgehead atoms. The first-order valence-corrected chi connectivity index (χ1v) is 8.89. The van der Waals surface area contributed by atoms with E-state index in [1.807, 2.05) is 20.8 Å². The number of benzene rings is 2. The summed E-state index contributed by atoms with van der Waals surface area (Å²) in [5.41, 5.74) is 7.68. The molecule has 0 aliphatic rings. The van der Waals surface area contributed by atoms with Crippen LogP contribution in [-0.2, 0) is 6.54 Å². The lowest BCUT2D eigenvalue weighted by Crippen LogP contribution is -2.27. The molecule has 148 valence electrons. The van der Waals surface area contributed by atoms with E-state index in [2.05, 4.69) is 10.6 Å². The highest BCUT2D eigenvalue weighted by Crippen LogP contribution is 2.23. The maximum Gasteiger partial charge on any atom is 0.275 e. The third kappa shape index (κ3) is 5.29. The number of nitrogens with zero attached hydrogens (tertiary/aromatic N) is 1. The number of carbonyl (C=O) groups is 2. The highest BCUT2D eigenvalue weighted by molar-refractivity contribution is 5.95. The molecule has 0 aliphatic carbocycles. The van der Waals surface area contributed by atoms with Crippen molar-refractivity contribution in [2.75, 3.05) is 11.9 Å². The van der Waals surface area contributed by atoms with Crippen molar-refractivity contribution in [2.24, 2.45) is 11.7 Å². The van der Waals surface area contributed by atoms with Crippen molar-refractivity contribution in [3.05, 3.63) is 68.8 Å². The fourth-order valence-corrected chi connectivity index (χ4v) is 2.63. The summed E-state index contributed by atoms with van der Waals surface area (Å²) in [6.45, 7) is 6.69. The fraction of sp³-hybridized carbons (Fsp3) is 0.300. The molecule has 2 rings (SSSR count). The van der Waals surface area contributed by atoms with Crippen LogP contribution in [0.1, 0.15) is 45.7 Å². The molecule has 0 atom stereocenters. The van der Waals surface area contributed by atoms with Crippen molar-refractivity contribution >= 4 is 23.2 Å². The van der Waals surface area contributed by atoms with Gasteiger partial charge in [0.2, 0.25) is 5.91 Å². The zero-order chi connectivity index (χ0) is 20.8. The van der Waals surface area contributed by atoms with Gasteiger partial charge >= 0.3 is 0 Å². The van der Waals surface area contributed by atoms with Crippen LogP contribution in [0.25, 0.3) is 0 Å². The standard InChI is InChI=1S/C20H24N4O4/c1-12(2)10-23-20(26)15-6-7-17(13(3)8-15)22-11-16-5-4-14(19(21)25)9-18(16)24(27)28/h4-9,12,22H,10-11H2,1-3H3,(H2,21,25)(H,23,26). The van der Waals surface area contributed by atoms with Crippen LogP contribution in [0.2, 0.25) is 0 Å². The van der Waals surface area contributed by atoms with Crippen molar-refractivity contribution in [3.63, 3.8) is 0 Å². The third-order valence-electron chi connectivity index (χ3n) is 4.20. The summed E-state index contributed by atoms with van der Waals surface area (Å²) < 4.78 is 0. The van der Waals surface area contributed by atoms with E-state index in [9.17, 15) is 19.7 Å². The highest BCUT2D eigenvalue weighted by Gasteiger charge is 2.16. The van der Waals surface area contributed by atoms with E-state index in [0.717, 1.165) is 11.3 Å². The van der Waals surface area contributed by atoms with E-state index < -0.39 is 10.8 Å². The smallest absolute Gasteiger partial charge is 0.275 e. The normalized spacial score (nSPS) is 10.6. The van der Waals surface area contributed by atoms with Gasteiger partial charge < -0.3 is 16.4 Å². The first-order chi connectivity index (χ1) is 13.2. The van der Waals surface area contributed by atoms with Gasteiger partial charge in [-0.1, -0.05) is 13.8 Å². The number of nitrogens with one attached hydrogen (secondary N) is 2. The number of aryl methyl sites for hydroxylation is 1. The maximum absolute atomic E-state index is 12.2. The second kappa shape index (κ2) is 8.98. The number of nitro benzene ring substituents is 1. The van der Waals surface area contributed by atoms with Crippen LogP contribution < -0.4 is 16.4 Å². The van der Waals surface area contributed by atoms with E-state index >= 15 is 0 Å². The molecule has 2 aromatic rings. The summed E-state index contributed by atoms with van der Waals surface area (Å²) in [6.07, 6.45) is 0. The van der Waals surface area contributed by atoms with Gasteiger partial charge in [0.05, 0.1) is 4.92 Å². The average Bonchev–Trinajstić information content (AvgIpc) is 2.64. The molecular weight excluding hydrogens is 360 g/mol. The monoisotopic (exact) mass is 384 g/mol. The van der Waals surface area contributed by atoms with E-state index in [1.54, 1.807) is 18.2 Å². The first kappa shape index (κ1) is 20.9. The minimum absolute atomic E-state index is 0.0865. The summed E-state index contributed by atoms with van der Waals surface area (Å²) >= 11 is 0. The Hall–Kier alpha value is -3.42. The Balaban J connectivity index is 2.14. The van der Waals surface area contributed by atoms with Gasteiger partial charge in [-0.15, -0.1) is 0 Å². The minimum Gasteiger partial charge on any atom is -0.380 e. The highest BCUT2D eigenvalue weighted by atomic mass is 16.6. The largest absolute Gasteiger partial charge is 0.380 e. The lowest BCUT2D eigenvalue weighted by Gasteiger charge is -2.13. The molecule has 0 fully saturated rings. The van der Waals surface area contributed by atoms with Gasteiger partial charge in [0, 0.05) is 41.5 Å². The molecule has 4 N–H and O–H groups in total. The van der Waals surface area contributed by atoms with Gasteiger partial charge in [-0.25, -0.2) is 0 Å². The molecule has 0 saturated carbocycles. The Morgan fingerprint density at radius 2 is 1.82 bits per heavy atom. The molecule has 0 aliphatic heterocycles. The van der Waals surface area contributed by atoms with Gasteiger partial charge in [-0.3, -0.25) is 19.7 Å². The Labute approximate surface area is 163 Å². The Morgan fingerprint density at radius 1 is 1.14 bits per heavy atom. The van der Waals surface area contributed by atoms with Crippen LogP contribution in [0.5, 0.6) is 0 Å². The van der Waals surface area contributed by atoms with E-state index in [1.165, 1.54) is 18.2 Å². The zero-order valence-corrected chi connectivity index (χ0v) is 16.1. The lowest BCUT2D eigenvalue weighted by atomic mass is 10.1. The van der Waals surface area contributed by atoms with Gasteiger partial charge in [-0.05, 0) is 48.7 Å². The lowest BCUT2D eigenvalue weighted by molar-refractivity contribution is -0.385. The van der Waals surface area contributed by atoms with Crippen LogP contribution in [0.3, 0.4) is 0 Å². The number of primary amides is 1. The zero-order valence-electron chi connectivity index (χ0n) is 16.1. The molecule has 0 saturated heterocycles. The number of hydrogen-bond donors (Lipinski definition) is 3. The topological polar surface area (TPSA) is 127 Å². The van der Waals surface area contributed by atoms with Gasteiger partial charge in [-0.2, -0.15) is 0 Å². The Morgan fingerprint density at radius 3 is 2.39 bits per heavy atom. The van der Waals surface area contributed by atoms with Crippen molar-refractivity contribution in [2.45, 2.75) is 27.3 Å². The van der Waals surface area contributed by atoms with Crippen LogP contribution >= 0.6 is 0 Å². The van der Waals surface area contributed by atoms with Crippen LogP contribution in [-0.4, -0.2) is 23.3 Å². The Bertz CT molecular complexity index is 909. The number of carbonyl (C=O) groups excluding carboxylic acids is 2. The van der Waals surface area contributed by atoms with Crippen molar-refractivity contribution < 1.29 is 14.5 Å². The Kier molecular flexibility index (Phi) is 6.70. The molecule has 28 heavy (non-hydrogen) atoms. The number of anilines is 1. The number of nitrogens with two attached hydrogens (primary N) is 1. The van der Waals surface area contributed by atoms with Crippen molar-refractivity contribution in [1.29, 1.82) is 0 Å². The maximum atomic E-state index is 12.2. The van der Waals surface area contributed by atoms with Gasteiger partial charge in [0.1, 0.15) is 0 Å². The molecule has 8 heteroatoms. The average molecular weight is 384 g/mol. The summed E-state index contributed by atoms with van der Waals surface area (Å²) in [6, 6.07) is 9.38. The molecule has 0 spiro atoms. The van der Waals surface area contributed by atoms with Gasteiger partial charge in [0.25, 0.3) is 11.6 Å². The second-order valence-corrected chi connectivity index (χ2v) is 6.95. The number of hydrogen-bond acceptors (Lipinski definition) is 5. The van der Waals surface area contributed by atoms with Crippen LogP contribution in [0.4, 0.5) is 11.4 Å². The quantitative estimate of drug-likeness (QED) is 0.476. The fourth-order valence-electron chi connectivity index (χ4n) is 2.63. The number of rotatable bonds is 8. The van der Waals surface area contributed by atoms with E-state index in [-0.39, 0.29) is 23.7 Å². The third-order valence-corrected chi connectivity index (χ3v) is 4.20. The van der Waals surface area contributed by atoms with E-state index in [0.29, 0.717) is 23.6 Å².